The first-order valence-corrected chi connectivity index (χ1v) is 7.77. The van der Waals surface area contributed by atoms with Crippen LogP contribution in [-0.4, -0.2) is 59.8 Å². The van der Waals surface area contributed by atoms with E-state index in [9.17, 15) is 4.79 Å². The Kier molecular flexibility index (Phi) is 4.73. The summed E-state index contributed by atoms with van der Waals surface area (Å²) >= 11 is 0. The Labute approximate surface area is 136 Å². The second-order valence-electron chi connectivity index (χ2n) is 6.04. The molecule has 0 radical (unpaired) electrons. The van der Waals surface area contributed by atoms with E-state index < -0.39 is 0 Å². The van der Waals surface area contributed by atoms with Gasteiger partial charge in [-0.25, -0.2) is 0 Å². The lowest BCUT2D eigenvalue weighted by Gasteiger charge is -2.35. The Balaban J connectivity index is 1.77. The van der Waals surface area contributed by atoms with Crippen molar-refractivity contribution in [3.8, 4) is 0 Å². The minimum atomic E-state index is -0.111. The molecule has 23 heavy (non-hydrogen) atoms. The minimum Gasteiger partial charge on any atom is -0.377 e. The number of carbonyl (C=O) groups excluding carboxylic acids is 1. The van der Waals surface area contributed by atoms with Crippen molar-refractivity contribution in [2.75, 3.05) is 33.9 Å². The smallest absolute Gasteiger partial charge is 0.254 e. The molecule has 3 rings (SSSR count). The van der Waals surface area contributed by atoms with E-state index in [4.69, 9.17) is 4.74 Å². The van der Waals surface area contributed by atoms with Crippen LogP contribution in [0.4, 0.5) is 0 Å². The molecule has 0 unspecified atom stereocenters. The van der Waals surface area contributed by atoms with Crippen molar-refractivity contribution in [2.45, 2.75) is 12.6 Å². The lowest BCUT2D eigenvalue weighted by Crippen LogP contribution is -2.43. The standard InChI is InChI=1S/C17H22N4O2/c1-20(2)11-13-3-5-14(6-4-13)17(22)21-9-10-23-12-16(21)15-7-8-18-19-15/h3-8,16H,9-12H2,1-2H3,(H,18,19)/t16-/m1/s1. The molecule has 1 aliphatic heterocycles. The number of hydrogen-bond acceptors (Lipinski definition) is 4. The number of nitrogens with zero attached hydrogens (tertiary/aromatic N) is 3. The molecule has 0 aliphatic carbocycles. The molecule has 1 N–H and O–H groups in total. The van der Waals surface area contributed by atoms with Crippen LogP contribution in [-0.2, 0) is 11.3 Å². The van der Waals surface area contributed by atoms with Crippen molar-refractivity contribution in [1.29, 1.82) is 0 Å². The summed E-state index contributed by atoms with van der Waals surface area (Å²) in [5.41, 5.74) is 2.81. The largest absolute Gasteiger partial charge is 0.377 e. The van der Waals surface area contributed by atoms with Crippen LogP contribution in [0.15, 0.2) is 36.5 Å². The van der Waals surface area contributed by atoms with Gasteiger partial charge >= 0.3 is 0 Å². The third-order valence-electron chi connectivity index (χ3n) is 3.97. The first-order valence-electron chi connectivity index (χ1n) is 7.77. The lowest BCUT2D eigenvalue weighted by atomic mass is 10.1. The van der Waals surface area contributed by atoms with Crippen LogP contribution in [0.5, 0.6) is 0 Å². The number of ether oxygens (including phenoxy) is 1. The van der Waals surface area contributed by atoms with E-state index in [-0.39, 0.29) is 11.9 Å². The summed E-state index contributed by atoms with van der Waals surface area (Å²) in [5.74, 6) is 0.0318. The molecule has 0 bridgehead atoms. The van der Waals surface area contributed by atoms with Gasteiger partial charge in [0.1, 0.15) is 0 Å². The van der Waals surface area contributed by atoms with Gasteiger partial charge in [-0.3, -0.25) is 9.89 Å². The van der Waals surface area contributed by atoms with Crippen LogP contribution in [0.2, 0.25) is 0 Å². The minimum absolute atomic E-state index is 0.0318. The number of aromatic amines is 1. The van der Waals surface area contributed by atoms with Gasteiger partial charge in [-0.05, 0) is 37.9 Å². The molecule has 1 aromatic carbocycles. The van der Waals surface area contributed by atoms with Gasteiger partial charge in [0.05, 0.1) is 24.9 Å². The number of nitrogens with one attached hydrogen (secondary N) is 1. The first-order chi connectivity index (χ1) is 11.1. The predicted octanol–water partition coefficient (Wildman–Crippen LogP) is 1.68. The third-order valence-corrected chi connectivity index (χ3v) is 3.97. The van der Waals surface area contributed by atoms with Crippen LogP contribution < -0.4 is 0 Å². The summed E-state index contributed by atoms with van der Waals surface area (Å²) in [5, 5.41) is 6.92. The molecule has 1 atom stereocenters. The number of aromatic nitrogens is 2. The topological polar surface area (TPSA) is 61.5 Å². The number of carbonyl (C=O) groups is 1. The fraction of sp³-hybridized carbons (Fsp3) is 0.412. The second kappa shape index (κ2) is 6.93. The molecule has 6 nitrogen and oxygen atoms in total. The lowest BCUT2D eigenvalue weighted by molar-refractivity contribution is -0.00391. The van der Waals surface area contributed by atoms with E-state index in [1.54, 1.807) is 6.20 Å². The second-order valence-corrected chi connectivity index (χ2v) is 6.04. The monoisotopic (exact) mass is 314 g/mol. The van der Waals surface area contributed by atoms with Crippen molar-refractivity contribution in [3.63, 3.8) is 0 Å². The fourth-order valence-electron chi connectivity index (χ4n) is 2.84. The maximum Gasteiger partial charge on any atom is 0.254 e. The molecule has 2 heterocycles. The maximum atomic E-state index is 12.9. The fourth-order valence-corrected chi connectivity index (χ4v) is 2.84. The summed E-state index contributed by atoms with van der Waals surface area (Å²) in [6, 6.07) is 9.61. The number of amides is 1. The van der Waals surface area contributed by atoms with Crippen LogP contribution in [0.1, 0.15) is 27.7 Å². The summed E-state index contributed by atoms with van der Waals surface area (Å²) in [4.78, 5) is 16.8. The van der Waals surface area contributed by atoms with E-state index in [2.05, 4.69) is 15.1 Å². The zero-order valence-electron chi connectivity index (χ0n) is 13.5. The molecule has 6 heteroatoms. The van der Waals surface area contributed by atoms with Gasteiger partial charge in [0.2, 0.25) is 0 Å². The molecule has 0 saturated carbocycles. The molecular formula is C17H22N4O2. The normalized spacial score (nSPS) is 18.4. The van der Waals surface area contributed by atoms with Gasteiger partial charge < -0.3 is 14.5 Å². The maximum absolute atomic E-state index is 12.9. The summed E-state index contributed by atoms with van der Waals surface area (Å²) in [6.07, 6.45) is 1.70. The Hall–Kier alpha value is -2.18. The molecule has 1 aromatic heterocycles. The predicted molar refractivity (Wildman–Crippen MR) is 87.0 cm³/mol. The quantitative estimate of drug-likeness (QED) is 0.933. The highest BCUT2D eigenvalue weighted by Crippen LogP contribution is 2.24. The molecule has 1 amide bonds. The molecule has 1 fully saturated rings. The van der Waals surface area contributed by atoms with Crippen molar-refractivity contribution < 1.29 is 9.53 Å². The molecule has 1 saturated heterocycles. The third kappa shape index (κ3) is 3.60. The highest BCUT2D eigenvalue weighted by molar-refractivity contribution is 5.94. The Morgan fingerprint density at radius 1 is 1.35 bits per heavy atom. The molecule has 122 valence electrons. The van der Waals surface area contributed by atoms with Gasteiger partial charge in [0, 0.05) is 24.8 Å². The van der Waals surface area contributed by atoms with Gasteiger partial charge in [-0.15, -0.1) is 0 Å². The molecular weight excluding hydrogens is 292 g/mol. The Bertz CT molecular complexity index is 637. The van der Waals surface area contributed by atoms with Crippen molar-refractivity contribution in [2.24, 2.45) is 0 Å². The van der Waals surface area contributed by atoms with Crippen molar-refractivity contribution >= 4 is 5.91 Å². The summed E-state index contributed by atoms with van der Waals surface area (Å²) < 4.78 is 5.54. The zero-order chi connectivity index (χ0) is 16.2. The zero-order valence-corrected chi connectivity index (χ0v) is 13.5. The Morgan fingerprint density at radius 2 is 2.13 bits per heavy atom. The van der Waals surface area contributed by atoms with Crippen LogP contribution in [0.25, 0.3) is 0 Å². The van der Waals surface area contributed by atoms with E-state index in [1.165, 1.54) is 5.56 Å². The highest BCUT2D eigenvalue weighted by Gasteiger charge is 2.30. The van der Waals surface area contributed by atoms with Gasteiger partial charge in [-0.2, -0.15) is 5.10 Å². The average molecular weight is 314 g/mol. The van der Waals surface area contributed by atoms with E-state index >= 15 is 0 Å². The number of H-pyrrole nitrogens is 1. The summed E-state index contributed by atoms with van der Waals surface area (Å²) in [7, 11) is 4.06. The van der Waals surface area contributed by atoms with Gasteiger partial charge in [0.25, 0.3) is 5.91 Å². The summed E-state index contributed by atoms with van der Waals surface area (Å²) in [6.45, 7) is 2.51. The van der Waals surface area contributed by atoms with Crippen LogP contribution in [0.3, 0.4) is 0 Å². The number of hydrogen-bond donors (Lipinski definition) is 1. The highest BCUT2D eigenvalue weighted by atomic mass is 16.5. The number of benzene rings is 1. The number of morpholine rings is 1. The molecule has 0 spiro atoms. The first kappa shape index (κ1) is 15.7. The number of rotatable bonds is 4. The van der Waals surface area contributed by atoms with Crippen molar-refractivity contribution in [1.82, 2.24) is 20.0 Å². The van der Waals surface area contributed by atoms with E-state index in [1.807, 2.05) is 49.3 Å². The molecule has 1 aliphatic rings. The van der Waals surface area contributed by atoms with Crippen LogP contribution in [0, 0.1) is 0 Å². The van der Waals surface area contributed by atoms with Crippen LogP contribution >= 0.6 is 0 Å². The van der Waals surface area contributed by atoms with Crippen molar-refractivity contribution in [3.05, 3.63) is 53.3 Å². The van der Waals surface area contributed by atoms with Gasteiger partial charge in [-0.1, -0.05) is 12.1 Å². The SMILES string of the molecule is CN(C)Cc1ccc(C(=O)N2CCOC[C@@H]2c2ccn[nH]2)cc1. The van der Waals surface area contributed by atoms with Gasteiger partial charge in [0.15, 0.2) is 0 Å². The van der Waals surface area contributed by atoms with E-state index in [0.717, 1.165) is 12.2 Å². The average Bonchev–Trinajstić information content (AvgIpc) is 3.09. The molecule has 2 aromatic rings. The Morgan fingerprint density at radius 3 is 2.78 bits per heavy atom. The van der Waals surface area contributed by atoms with E-state index in [0.29, 0.717) is 25.3 Å².